The molecule has 4 aromatic rings. The van der Waals surface area contributed by atoms with Gasteiger partial charge in [-0.1, -0.05) is 23.7 Å². The van der Waals surface area contributed by atoms with Gasteiger partial charge in [0.05, 0.1) is 26.2 Å². The Kier molecular flexibility index (Phi) is 8.12. The second-order valence-corrected chi connectivity index (χ2v) is 8.04. The maximum atomic E-state index is 13.4. The molecule has 4 rings (SSSR count). The van der Waals surface area contributed by atoms with Gasteiger partial charge >= 0.3 is 0 Å². The first kappa shape index (κ1) is 25.4. The van der Waals surface area contributed by atoms with Crippen LogP contribution < -0.4 is 24.8 Å². The molecule has 1 heterocycles. The molecule has 0 saturated heterocycles. The number of ether oxygens (including phenoxy) is 3. The summed E-state index contributed by atoms with van der Waals surface area (Å²) in [6, 6.07) is 21.7. The lowest BCUT2D eigenvalue weighted by molar-refractivity contribution is -0.113. The first-order chi connectivity index (χ1) is 18.0. The van der Waals surface area contributed by atoms with Gasteiger partial charge in [0.1, 0.15) is 17.2 Å². The Bertz CT molecular complexity index is 1420. The Morgan fingerprint density at radius 2 is 1.62 bits per heavy atom. The van der Waals surface area contributed by atoms with Crippen LogP contribution in [0.25, 0.3) is 6.08 Å². The van der Waals surface area contributed by atoms with Crippen LogP contribution in [0.1, 0.15) is 16.1 Å². The van der Waals surface area contributed by atoms with E-state index in [1.54, 1.807) is 72.8 Å². The first-order valence-electron chi connectivity index (χ1n) is 11.1. The minimum atomic E-state index is -0.620. The summed E-state index contributed by atoms with van der Waals surface area (Å²) in [6.45, 7) is 0. The van der Waals surface area contributed by atoms with E-state index in [9.17, 15) is 9.59 Å². The quantitative estimate of drug-likeness (QED) is 0.258. The summed E-state index contributed by atoms with van der Waals surface area (Å²) in [5.41, 5.74) is 0.563. The number of carbonyl (C=O) groups excluding carboxylic acids is 2. The highest BCUT2D eigenvalue weighted by atomic mass is 35.5. The molecule has 0 saturated carbocycles. The monoisotopic (exact) mass is 518 g/mol. The molecule has 8 nitrogen and oxygen atoms in total. The zero-order valence-corrected chi connectivity index (χ0v) is 20.7. The van der Waals surface area contributed by atoms with Crippen LogP contribution >= 0.6 is 11.6 Å². The van der Waals surface area contributed by atoms with Crippen molar-refractivity contribution < 1.29 is 28.2 Å². The Morgan fingerprint density at radius 1 is 0.865 bits per heavy atom. The minimum absolute atomic E-state index is 0.0565. The maximum absolute atomic E-state index is 13.4. The third-order valence-electron chi connectivity index (χ3n) is 5.15. The molecule has 0 unspecified atom stereocenters. The van der Waals surface area contributed by atoms with E-state index in [-0.39, 0.29) is 11.4 Å². The van der Waals surface area contributed by atoms with Crippen molar-refractivity contribution in [2.75, 3.05) is 19.5 Å². The van der Waals surface area contributed by atoms with Gasteiger partial charge in [-0.3, -0.25) is 9.59 Å². The number of benzene rings is 3. The highest BCUT2D eigenvalue weighted by Crippen LogP contribution is 2.36. The van der Waals surface area contributed by atoms with Crippen LogP contribution in [-0.2, 0) is 4.79 Å². The normalized spacial score (nSPS) is 10.9. The van der Waals surface area contributed by atoms with E-state index in [2.05, 4.69) is 10.6 Å². The van der Waals surface area contributed by atoms with Crippen molar-refractivity contribution in [3.63, 3.8) is 0 Å². The van der Waals surface area contributed by atoms with Gasteiger partial charge in [0.25, 0.3) is 11.8 Å². The molecule has 2 N–H and O–H groups in total. The molecule has 0 aliphatic heterocycles. The van der Waals surface area contributed by atoms with Crippen molar-refractivity contribution in [1.29, 1.82) is 0 Å². The van der Waals surface area contributed by atoms with Gasteiger partial charge in [0.15, 0.2) is 17.2 Å². The van der Waals surface area contributed by atoms with E-state index in [1.165, 1.54) is 26.6 Å². The number of anilines is 1. The van der Waals surface area contributed by atoms with Gasteiger partial charge < -0.3 is 29.3 Å². The molecule has 0 aliphatic carbocycles. The first-order valence-corrected chi connectivity index (χ1v) is 11.5. The fraction of sp³-hybridized carbons (Fsp3) is 0.0714. The largest absolute Gasteiger partial charge is 0.497 e. The molecule has 0 bridgehead atoms. The summed E-state index contributed by atoms with van der Waals surface area (Å²) < 4.78 is 21.8. The molecule has 0 radical (unpaired) electrons. The standard InChI is InChI=1S/C28H23ClN2O6/c1-34-20-12-9-18(10-13-20)27(32)31-23(17-21-6-5-15-36-21)28(33)30-22-16-19(29)11-14-24(22)37-26-8-4-3-7-25(26)35-2/h3-17H,1-2H3,(H,30,33)(H,31,32)/b23-17-. The minimum Gasteiger partial charge on any atom is -0.497 e. The van der Waals surface area contributed by atoms with Crippen LogP contribution in [0.2, 0.25) is 5.02 Å². The van der Waals surface area contributed by atoms with Crippen LogP contribution in [-0.4, -0.2) is 26.0 Å². The summed E-state index contributed by atoms with van der Waals surface area (Å²) >= 11 is 6.20. The van der Waals surface area contributed by atoms with E-state index in [1.807, 2.05) is 6.07 Å². The lowest BCUT2D eigenvalue weighted by atomic mass is 10.2. The van der Waals surface area contributed by atoms with Crippen LogP contribution in [0, 0.1) is 0 Å². The average Bonchev–Trinajstić information content (AvgIpc) is 3.43. The molecule has 3 aromatic carbocycles. The predicted octanol–water partition coefficient (Wildman–Crippen LogP) is 6.15. The van der Waals surface area contributed by atoms with Crippen molar-refractivity contribution in [3.05, 3.63) is 107 Å². The second-order valence-electron chi connectivity index (χ2n) is 7.60. The summed E-state index contributed by atoms with van der Waals surface area (Å²) in [5.74, 6) is 1.14. The lowest BCUT2D eigenvalue weighted by Crippen LogP contribution is -2.30. The molecule has 1 aromatic heterocycles. The predicted molar refractivity (Wildman–Crippen MR) is 140 cm³/mol. The van der Waals surface area contributed by atoms with Gasteiger partial charge in [-0.05, 0) is 66.7 Å². The Labute approximate surface area is 218 Å². The van der Waals surface area contributed by atoms with Crippen LogP contribution in [0.15, 0.2) is 95.2 Å². The SMILES string of the molecule is COc1ccc(C(=O)N/C(=C\c2ccco2)C(=O)Nc2cc(Cl)ccc2Oc2ccccc2OC)cc1. The summed E-state index contributed by atoms with van der Waals surface area (Å²) in [4.78, 5) is 26.3. The van der Waals surface area contributed by atoms with E-state index in [4.69, 9.17) is 30.2 Å². The topological polar surface area (TPSA) is 99.0 Å². The maximum Gasteiger partial charge on any atom is 0.272 e. The Balaban J connectivity index is 1.61. The third kappa shape index (κ3) is 6.50. The van der Waals surface area contributed by atoms with Gasteiger partial charge in [-0.25, -0.2) is 0 Å². The number of amides is 2. The zero-order chi connectivity index (χ0) is 26.2. The molecule has 37 heavy (non-hydrogen) atoms. The summed E-state index contributed by atoms with van der Waals surface area (Å²) in [5, 5.41) is 5.79. The van der Waals surface area contributed by atoms with Gasteiger partial charge in [0, 0.05) is 16.7 Å². The molecule has 0 atom stereocenters. The Hall–Kier alpha value is -4.69. The molecule has 0 fully saturated rings. The van der Waals surface area contributed by atoms with Crippen LogP contribution in [0.5, 0.6) is 23.0 Å². The molecule has 0 aliphatic rings. The van der Waals surface area contributed by atoms with Crippen LogP contribution in [0.4, 0.5) is 5.69 Å². The van der Waals surface area contributed by atoms with E-state index >= 15 is 0 Å². The number of hydrogen-bond acceptors (Lipinski definition) is 6. The van der Waals surface area contributed by atoms with E-state index < -0.39 is 11.8 Å². The van der Waals surface area contributed by atoms with Crippen molar-refractivity contribution in [1.82, 2.24) is 5.32 Å². The number of furan rings is 1. The van der Waals surface area contributed by atoms with Gasteiger partial charge in [0.2, 0.25) is 0 Å². The number of hydrogen-bond donors (Lipinski definition) is 2. The van der Waals surface area contributed by atoms with Crippen LogP contribution in [0.3, 0.4) is 0 Å². The highest BCUT2D eigenvalue weighted by Gasteiger charge is 2.18. The fourth-order valence-corrected chi connectivity index (χ4v) is 3.48. The molecule has 9 heteroatoms. The smallest absolute Gasteiger partial charge is 0.272 e. The molecule has 188 valence electrons. The second kappa shape index (κ2) is 11.8. The highest BCUT2D eigenvalue weighted by molar-refractivity contribution is 6.31. The number of rotatable bonds is 9. The van der Waals surface area contributed by atoms with E-state index in [0.717, 1.165) is 0 Å². The lowest BCUT2D eigenvalue weighted by Gasteiger charge is -2.16. The molecule has 2 amide bonds. The number of nitrogens with one attached hydrogen (secondary N) is 2. The fourth-order valence-electron chi connectivity index (χ4n) is 3.31. The van der Waals surface area contributed by atoms with Crippen molar-refractivity contribution in [2.24, 2.45) is 0 Å². The molecule has 0 spiro atoms. The summed E-state index contributed by atoms with van der Waals surface area (Å²) in [6.07, 6.45) is 2.88. The number of carbonyl (C=O) groups is 2. The molecular formula is C28H23ClN2O6. The van der Waals surface area contributed by atoms with E-state index in [0.29, 0.717) is 39.3 Å². The zero-order valence-electron chi connectivity index (χ0n) is 20.0. The van der Waals surface area contributed by atoms with Crippen molar-refractivity contribution >= 4 is 35.2 Å². The third-order valence-corrected chi connectivity index (χ3v) is 5.39. The summed E-state index contributed by atoms with van der Waals surface area (Å²) in [7, 11) is 3.06. The number of para-hydroxylation sites is 2. The molecular weight excluding hydrogens is 496 g/mol. The average molecular weight is 519 g/mol. The van der Waals surface area contributed by atoms with Gasteiger partial charge in [-0.2, -0.15) is 0 Å². The Morgan fingerprint density at radius 3 is 2.30 bits per heavy atom. The number of halogens is 1. The van der Waals surface area contributed by atoms with Gasteiger partial charge in [-0.15, -0.1) is 0 Å². The number of methoxy groups -OCH3 is 2. The van der Waals surface area contributed by atoms with Crippen molar-refractivity contribution in [2.45, 2.75) is 0 Å². The van der Waals surface area contributed by atoms with Crippen molar-refractivity contribution in [3.8, 4) is 23.0 Å².